The van der Waals surface area contributed by atoms with Gasteiger partial charge in [-0.25, -0.2) is 0 Å². The van der Waals surface area contributed by atoms with E-state index in [-0.39, 0.29) is 11.1 Å². The van der Waals surface area contributed by atoms with Gasteiger partial charge in [0.25, 0.3) is 0 Å². The van der Waals surface area contributed by atoms with Crippen LogP contribution in [0.3, 0.4) is 0 Å². The summed E-state index contributed by atoms with van der Waals surface area (Å²) in [5, 5.41) is 0. The van der Waals surface area contributed by atoms with Crippen LogP contribution >= 0.6 is 0 Å². The Labute approximate surface area is 86.1 Å². The second-order valence-corrected chi connectivity index (χ2v) is 4.15. The second kappa shape index (κ2) is 3.23. The van der Waals surface area contributed by atoms with Crippen LogP contribution in [-0.2, 0) is 12.0 Å². The first-order chi connectivity index (χ1) is 6.89. The van der Waals surface area contributed by atoms with Crippen molar-refractivity contribution in [1.82, 2.24) is 0 Å². The van der Waals surface area contributed by atoms with E-state index in [2.05, 4.69) is 0 Å². The molecule has 0 radical (unpaired) electrons. The molecule has 1 nitrogen and oxygen atoms in total. The third kappa shape index (κ3) is 2.50. The lowest BCUT2D eigenvalue weighted by atomic mass is 10.0. The van der Waals surface area contributed by atoms with E-state index in [0.717, 1.165) is 18.4 Å². The number of benzene rings is 1. The molecule has 1 aromatic carbocycles. The SMILES string of the molecule is NC1(c2ccc(CC(F)(F)F)cc2)CC1. The fraction of sp³-hybridized carbons (Fsp3) is 0.455. The molecule has 2 rings (SSSR count). The van der Waals surface area contributed by atoms with Crippen molar-refractivity contribution < 1.29 is 13.2 Å². The summed E-state index contributed by atoms with van der Waals surface area (Å²) in [4.78, 5) is 0. The first-order valence-corrected chi connectivity index (χ1v) is 4.84. The van der Waals surface area contributed by atoms with Crippen molar-refractivity contribution in [2.45, 2.75) is 31.0 Å². The zero-order valence-corrected chi connectivity index (χ0v) is 8.14. The maximum atomic E-state index is 12.1. The van der Waals surface area contributed by atoms with Crippen molar-refractivity contribution in [2.24, 2.45) is 5.73 Å². The smallest absolute Gasteiger partial charge is 0.321 e. The molecular formula is C11H12F3N. The molecule has 0 atom stereocenters. The highest BCUT2D eigenvalue weighted by molar-refractivity contribution is 5.32. The molecule has 1 saturated carbocycles. The molecule has 2 N–H and O–H groups in total. The lowest BCUT2D eigenvalue weighted by Gasteiger charge is -2.10. The van der Waals surface area contributed by atoms with Crippen LogP contribution in [0.15, 0.2) is 24.3 Å². The summed E-state index contributed by atoms with van der Waals surface area (Å²) >= 11 is 0. The molecule has 0 aromatic heterocycles. The summed E-state index contributed by atoms with van der Waals surface area (Å²) in [6, 6.07) is 6.42. The standard InChI is InChI=1S/C11H12F3N/c12-11(13,14)7-8-1-3-9(4-2-8)10(15)5-6-10/h1-4H,5-7,15H2. The second-order valence-electron chi connectivity index (χ2n) is 4.15. The Balaban J connectivity index is 2.11. The van der Waals surface area contributed by atoms with Gasteiger partial charge in [-0.3, -0.25) is 0 Å². The van der Waals surface area contributed by atoms with Gasteiger partial charge in [0.15, 0.2) is 0 Å². The van der Waals surface area contributed by atoms with Gasteiger partial charge in [0.1, 0.15) is 0 Å². The van der Waals surface area contributed by atoms with Crippen molar-refractivity contribution in [1.29, 1.82) is 0 Å². The topological polar surface area (TPSA) is 26.0 Å². The fourth-order valence-electron chi connectivity index (χ4n) is 1.61. The van der Waals surface area contributed by atoms with Crippen molar-refractivity contribution in [2.75, 3.05) is 0 Å². The molecule has 82 valence electrons. The molecule has 1 aliphatic carbocycles. The molecule has 1 aliphatic rings. The number of halogens is 3. The average Bonchev–Trinajstić information content (AvgIpc) is 2.83. The minimum Gasteiger partial charge on any atom is -0.321 e. The Bertz CT molecular complexity index is 349. The Morgan fingerprint density at radius 2 is 1.67 bits per heavy atom. The van der Waals surface area contributed by atoms with Gasteiger partial charge in [-0.1, -0.05) is 24.3 Å². The van der Waals surface area contributed by atoms with Crippen LogP contribution in [0, 0.1) is 0 Å². The highest BCUT2D eigenvalue weighted by Gasteiger charge is 2.39. The third-order valence-corrected chi connectivity index (χ3v) is 2.72. The molecule has 0 heterocycles. The van der Waals surface area contributed by atoms with E-state index >= 15 is 0 Å². The van der Waals surface area contributed by atoms with E-state index in [1.807, 2.05) is 0 Å². The first-order valence-electron chi connectivity index (χ1n) is 4.84. The molecule has 0 bridgehead atoms. The van der Waals surface area contributed by atoms with Crippen LogP contribution in [-0.4, -0.2) is 6.18 Å². The van der Waals surface area contributed by atoms with Crippen molar-refractivity contribution in [3.63, 3.8) is 0 Å². The van der Waals surface area contributed by atoms with Gasteiger partial charge in [-0.2, -0.15) is 13.2 Å². The molecule has 1 aromatic rings. The summed E-state index contributed by atoms with van der Waals surface area (Å²) in [6.45, 7) is 0. The third-order valence-electron chi connectivity index (χ3n) is 2.72. The van der Waals surface area contributed by atoms with E-state index in [4.69, 9.17) is 5.73 Å². The van der Waals surface area contributed by atoms with Gasteiger partial charge in [0, 0.05) is 5.54 Å². The van der Waals surface area contributed by atoms with E-state index in [9.17, 15) is 13.2 Å². The Morgan fingerprint density at radius 3 is 2.07 bits per heavy atom. The van der Waals surface area contributed by atoms with Crippen LogP contribution < -0.4 is 5.73 Å². The van der Waals surface area contributed by atoms with Gasteiger partial charge in [-0.15, -0.1) is 0 Å². The molecule has 0 saturated heterocycles. The van der Waals surface area contributed by atoms with Crippen molar-refractivity contribution in [3.8, 4) is 0 Å². The maximum Gasteiger partial charge on any atom is 0.393 e. The van der Waals surface area contributed by atoms with Gasteiger partial charge in [0.2, 0.25) is 0 Å². The van der Waals surface area contributed by atoms with E-state index < -0.39 is 12.6 Å². The van der Waals surface area contributed by atoms with Crippen LogP contribution in [0.5, 0.6) is 0 Å². The van der Waals surface area contributed by atoms with E-state index in [1.54, 1.807) is 12.1 Å². The number of hydrogen-bond acceptors (Lipinski definition) is 1. The molecule has 0 unspecified atom stereocenters. The summed E-state index contributed by atoms with van der Waals surface area (Å²) < 4.78 is 36.2. The molecular weight excluding hydrogens is 203 g/mol. The van der Waals surface area contributed by atoms with E-state index in [0.29, 0.717) is 0 Å². The fourth-order valence-corrected chi connectivity index (χ4v) is 1.61. The predicted octanol–water partition coefficient (Wildman–Crippen LogP) is 2.74. The maximum absolute atomic E-state index is 12.1. The zero-order chi connectivity index (χ0) is 11.1. The normalized spacial score (nSPS) is 18.9. The molecule has 15 heavy (non-hydrogen) atoms. The minimum absolute atomic E-state index is 0.267. The lowest BCUT2D eigenvalue weighted by molar-refractivity contribution is -0.127. The molecule has 0 amide bonds. The molecule has 1 fully saturated rings. The van der Waals surface area contributed by atoms with Crippen LogP contribution in [0.2, 0.25) is 0 Å². The van der Waals surface area contributed by atoms with Gasteiger partial charge in [-0.05, 0) is 24.0 Å². The molecule has 4 heteroatoms. The quantitative estimate of drug-likeness (QED) is 0.806. The summed E-state index contributed by atoms with van der Waals surface area (Å²) in [5.41, 5.74) is 6.88. The van der Waals surface area contributed by atoms with Gasteiger partial charge < -0.3 is 5.73 Å². The number of rotatable bonds is 2. The Kier molecular flexibility index (Phi) is 2.26. The zero-order valence-electron chi connectivity index (χ0n) is 8.14. The molecule has 0 spiro atoms. The number of nitrogens with two attached hydrogens (primary N) is 1. The Hall–Kier alpha value is -1.03. The monoisotopic (exact) mass is 215 g/mol. The average molecular weight is 215 g/mol. The highest BCUT2D eigenvalue weighted by atomic mass is 19.4. The van der Waals surface area contributed by atoms with Crippen molar-refractivity contribution >= 4 is 0 Å². The van der Waals surface area contributed by atoms with Crippen LogP contribution in [0.25, 0.3) is 0 Å². The summed E-state index contributed by atoms with van der Waals surface area (Å²) in [5.74, 6) is 0. The lowest BCUT2D eigenvalue weighted by Crippen LogP contribution is -2.18. The molecule has 0 aliphatic heterocycles. The van der Waals surface area contributed by atoms with Crippen LogP contribution in [0.4, 0.5) is 13.2 Å². The predicted molar refractivity (Wildman–Crippen MR) is 51.3 cm³/mol. The van der Waals surface area contributed by atoms with Crippen LogP contribution in [0.1, 0.15) is 24.0 Å². The highest BCUT2D eigenvalue weighted by Crippen LogP contribution is 2.42. The summed E-state index contributed by atoms with van der Waals surface area (Å²) in [6.07, 6.45) is -3.16. The number of alkyl halides is 3. The first kappa shape index (κ1) is 10.5. The minimum atomic E-state index is -4.14. The van der Waals surface area contributed by atoms with Gasteiger partial charge in [0.05, 0.1) is 6.42 Å². The number of hydrogen-bond donors (Lipinski definition) is 1. The largest absolute Gasteiger partial charge is 0.393 e. The summed E-state index contributed by atoms with van der Waals surface area (Å²) in [7, 11) is 0. The van der Waals surface area contributed by atoms with Gasteiger partial charge >= 0.3 is 6.18 Å². The Morgan fingerprint density at radius 1 is 1.13 bits per heavy atom. The van der Waals surface area contributed by atoms with Crippen molar-refractivity contribution in [3.05, 3.63) is 35.4 Å². The van der Waals surface area contributed by atoms with E-state index in [1.165, 1.54) is 12.1 Å².